The third-order valence-electron chi connectivity index (χ3n) is 4.60. The van der Waals surface area contributed by atoms with Gasteiger partial charge in [0, 0.05) is 18.0 Å². The van der Waals surface area contributed by atoms with Crippen molar-refractivity contribution < 1.29 is 9.18 Å². The van der Waals surface area contributed by atoms with Crippen LogP contribution in [0.3, 0.4) is 0 Å². The Labute approximate surface area is 184 Å². The van der Waals surface area contributed by atoms with Gasteiger partial charge < -0.3 is 9.88 Å². The molecule has 3 aromatic rings. The molecule has 0 spiro atoms. The highest BCUT2D eigenvalue weighted by Gasteiger charge is 2.14. The molecule has 0 aliphatic carbocycles. The zero-order valence-corrected chi connectivity index (χ0v) is 18.9. The Morgan fingerprint density at radius 2 is 1.77 bits per heavy atom. The van der Waals surface area contributed by atoms with Crippen LogP contribution in [0.5, 0.6) is 0 Å². The van der Waals surface area contributed by atoms with Crippen molar-refractivity contribution in [1.29, 1.82) is 0 Å². The van der Waals surface area contributed by atoms with Crippen LogP contribution in [0.2, 0.25) is 0 Å². The topological polar surface area (TPSA) is 59.8 Å². The Kier molecular flexibility index (Phi) is 7.93. The fourth-order valence-corrected chi connectivity index (χ4v) is 4.76. The van der Waals surface area contributed by atoms with Gasteiger partial charge in [-0.25, -0.2) is 4.39 Å². The molecule has 30 heavy (non-hydrogen) atoms. The van der Waals surface area contributed by atoms with Crippen molar-refractivity contribution in [2.24, 2.45) is 0 Å². The number of nitrogens with zero attached hydrogens (tertiary/aromatic N) is 3. The van der Waals surface area contributed by atoms with Gasteiger partial charge in [0.15, 0.2) is 5.16 Å². The minimum Gasteiger partial charge on any atom is -0.325 e. The van der Waals surface area contributed by atoms with Crippen molar-refractivity contribution in [3.8, 4) is 0 Å². The summed E-state index contributed by atoms with van der Waals surface area (Å²) in [7, 11) is 0. The zero-order valence-electron chi connectivity index (χ0n) is 17.3. The Bertz CT molecular complexity index is 985. The van der Waals surface area contributed by atoms with Gasteiger partial charge in [-0.1, -0.05) is 42.1 Å². The molecule has 0 fully saturated rings. The maximum atomic E-state index is 13.0. The molecule has 2 aromatic carbocycles. The van der Waals surface area contributed by atoms with E-state index in [9.17, 15) is 9.18 Å². The zero-order chi connectivity index (χ0) is 21.5. The normalized spacial score (nSPS) is 10.9. The summed E-state index contributed by atoms with van der Waals surface area (Å²) in [5, 5.41) is 12.3. The molecule has 0 aliphatic heterocycles. The number of anilines is 1. The third-order valence-corrected chi connectivity index (χ3v) is 6.57. The van der Waals surface area contributed by atoms with E-state index < -0.39 is 0 Å². The molecule has 158 valence electrons. The van der Waals surface area contributed by atoms with Crippen LogP contribution in [0.25, 0.3) is 0 Å². The van der Waals surface area contributed by atoms with E-state index in [1.807, 2.05) is 43.5 Å². The predicted molar refractivity (Wildman–Crippen MR) is 122 cm³/mol. The van der Waals surface area contributed by atoms with Crippen molar-refractivity contribution in [1.82, 2.24) is 14.8 Å². The van der Waals surface area contributed by atoms with Crippen LogP contribution in [-0.2, 0) is 22.8 Å². The molecule has 8 heteroatoms. The van der Waals surface area contributed by atoms with Crippen LogP contribution in [0.4, 0.5) is 10.1 Å². The lowest BCUT2D eigenvalue weighted by Gasteiger charge is -2.11. The monoisotopic (exact) mass is 444 g/mol. The van der Waals surface area contributed by atoms with Crippen LogP contribution >= 0.6 is 23.5 Å². The first-order valence-corrected chi connectivity index (χ1v) is 11.8. The fourth-order valence-electron chi connectivity index (χ4n) is 3.01. The molecule has 0 unspecified atom stereocenters. The molecule has 1 amide bonds. The first-order chi connectivity index (χ1) is 14.5. The van der Waals surface area contributed by atoms with E-state index in [0.29, 0.717) is 5.75 Å². The van der Waals surface area contributed by atoms with Crippen LogP contribution in [0.15, 0.2) is 47.6 Å². The summed E-state index contributed by atoms with van der Waals surface area (Å²) in [4.78, 5) is 12.4. The van der Waals surface area contributed by atoms with Gasteiger partial charge >= 0.3 is 0 Å². The van der Waals surface area contributed by atoms with Gasteiger partial charge in [-0.3, -0.25) is 4.79 Å². The molecule has 1 heterocycles. The van der Waals surface area contributed by atoms with Crippen molar-refractivity contribution in [3.63, 3.8) is 0 Å². The molecule has 3 rings (SSSR count). The number of aromatic nitrogens is 3. The van der Waals surface area contributed by atoms with Gasteiger partial charge in [-0.05, 0) is 49.6 Å². The largest absolute Gasteiger partial charge is 0.325 e. The highest BCUT2D eigenvalue weighted by atomic mass is 32.2. The molecular formula is C22H25FN4OS2. The van der Waals surface area contributed by atoms with Gasteiger partial charge in [0.1, 0.15) is 11.6 Å². The number of hydrogen-bond acceptors (Lipinski definition) is 5. The number of aryl methyl sites for hydroxylation is 2. The Hall–Kier alpha value is -2.32. The lowest BCUT2D eigenvalue weighted by atomic mass is 10.1. The number of amides is 1. The second kappa shape index (κ2) is 10.6. The Morgan fingerprint density at radius 3 is 2.43 bits per heavy atom. The SMILES string of the molecule is CCn1c(CSCc2ccc(F)cc2)nnc1SCC(=O)Nc1c(C)cccc1C. The highest BCUT2D eigenvalue weighted by molar-refractivity contribution is 7.99. The molecule has 5 nitrogen and oxygen atoms in total. The molecule has 0 radical (unpaired) electrons. The number of hydrogen-bond donors (Lipinski definition) is 1. The van der Waals surface area contributed by atoms with E-state index in [2.05, 4.69) is 15.5 Å². The van der Waals surface area contributed by atoms with Crippen LogP contribution in [0, 0.1) is 19.7 Å². The molecule has 0 aliphatic rings. The summed E-state index contributed by atoms with van der Waals surface area (Å²) >= 11 is 3.09. The van der Waals surface area contributed by atoms with Gasteiger partial charge in [-0.15, -0.1) is 22.0 Å². The second-order valence-corrected chi connectivity index (χ2v) is 8.79. The van der Waals surface area contributed by atoms with Crippen molar-refractivity contribution in [2.45, 2.75) is 44.0 Å². The van der Waals surface area contributed by atoms with E-state index in [0.717, 1.165) is 45.7 Å². The number of thioether (sulfide) groups is 2. The lowest BCUT2D eigenvalue weighted by Crippen LogP contribution is -2.16. The molecular weight excluding hydrogens is 419 g/mol. The van der Waals surface area contributed by atoms with Crippen molar-refractivity contribution in [3.05, 3.63) is 70.8 Å². The molecule has 0 saturated carbocycles. The van der Waals surface area contributed by atoms with E-state index in [1.54, 1.807) is 23.9 Å². The third kappa shape index (κ3) is 5.86. The average molecular weight is 445 g/mol. The smallest absolute Gasteiger partial charge is 0.234 e. The highest BCUT2D eigenvalue weighted by Crippen LogP contribution is 2.23. The summed E-state index contributed by atoms with van der Waals surface area (Å²) in [6.45, 7) is 6.75. The Balaban J connectivity index is 1.54. The van der Waals surface area contributed by atoms with Gasteiger partial charge in [0.05, 0.1) is 11.5 Å². The second-order valence-electron chi connectivity index (χ2n) is 6.87. The first kappa shape index (κ1) is 22.4. The number of carbonyl (C=O) groups excluding carboxylic acids is 1. The predicted octanol–water partition coefficient (Wildman–Crippen LogP) is 5.22. The standard InChI is InChI=1S/C22H25FN4OS2/c1-4-27-19(13-29-12-17-8-10-18(23)11-9-17)25-26-22(27)30-14-20(28)24-21-15(2)6-5-7-16(21)3/h5-11H,4,12-14H2,1-3H3,(H,24,28). The van der Waals surface area contributed by atoms with Crippen LogP contribution < -0.4 is 5.32 Å². The van der Waals surface area contributed by atoms with Crippen LogP contribution in [0.1, 0.15) is 29.4 Å². The minimum absolute atomic E-state index is 0.0599. The van der Waals surface area contributed by atoms with E-state index in [-0.39, 0.29) is 17.5 Å². The summed E-state index contributed by atoms with van der Waals surface area (Å²) in [6, 6.07) is 12.5. The fraction of sp³-hybridized carbons (Fsp3) is 0.318. The quantitative estimate of drug-likeness (QED) is 0.459. The molecule has 0 saturated heterocycles. The summed E-state index contributed by atoms with van der Waals surface area (Å²) < 4.78 is 15.0. The van der Waals surface area contributed by atoms with Crippen LogP contribution in [-0.4, -0.2) is 26.4 Å². The first-order valence-electron chi connectivity index (χ1n) is 9.71. The Morgan fingerprint density at radius 1 is 1.07 bits per heavy atom. The lowest BCUT2D eigenvalue weighted by molar-refractivity contribution is -0.113. The number of halogens is 1. The maximum Gasteiger partial charge on any atom is 0.234 e. The number of rotatable bonds is 9. The maximum absolute atomic E-state index is 13.0. The average Bonchev–Trinajstić information content (AvgIpc) is 3.12. The molecule has 1 aromatic heterocycles. The number of para-hydroxylation sites is 1. The van der Waals surface area contributed by atoms with Gasteiger partial charge in [0.2, 0.25) is 5.91 Å². The summed E-state index contributed by atoms with van der Waals surface area (Å²) in [5.74, 6) is 2.34. The summed E-state index contributed by atoms with van der Waals surface area (Å²) in [5.41, 5.74) is 4.04. The number of carbonyl (C=O) groups is 1. The van der Waals surface area contributed by atoms with E-state index >= 15 is 0 Å². The van der Waals surface area contributed by atoms with Crippen molar-refractivity contribution >= 4 is 35.1 Å². The van der Waals surface area contributed by atoms with Gasteiger partial charge in [-0.2, -0.15) is 0 Å². The number of benzene rings is 2. The summed E-state index contributed by atoms with van der Waals surface area (Å²) in [6.07, 6.45) is 0. The molecule has 1 N–H and O–H groups in total. The minimum atomic E-state index is -0.224. The van der Waals surface area contributed by atoms with Gasteiger partial charge in [0.25, 0.3) is 0 Å². The van der Waals surface area contributed by atoms with E-state index in [4.69, 9.17) is 0 Å². The molecule has 0 bridgehead atoms. The molecule has 0 atom stereocenters. The number of nitrogens with one attached hydrogen (secondary N) is 1. The van der Waals surface area contributed by atoms with E-state index in [1.165, 1.54) is 23.9 Å². The van der Waals surface area contributed by atoms with Crippen molar-refractivity contribution in [2.75, 3.05) is 11.1 Å².